The van der Waals surface area contributed by atoms with Crippen molar-refractivity contribution in [2.45, 2.75) is 0 Å². The van der Waals surface area contributed by atoms with E-state index in [1.807, 2.05) is 0 Å². The first-order valence-corrected chi connectivity index (χ1v) is 3.97. The van der Waals surface area contributed by atoms with Crippen molar-refractivity contribution in [1.82, 2.24) is 15.2 Å². The van der Waals surface area contributed by atoms with Crippen LogP contribution in [0.2, 0.25) is 0 Å². The monoisotopic (exact) mass is 196 g/mol. The van der Waals surface area contributed by atoms with Gasteiger partial charge in [-0.3, -0.25) is 10.1 Å². The molecular weight excluding hydrogens is 188 g/mol. The average molecular weight is 196 g/mol. The first-order valence-electron chi connectivity index (χ1n) is 3.97. The highest BCUT2D eigenvalue weighted by Crippen LogP contribution is 2.06. The van der Waals surface area contributed by atoms with E-state index < -0.39 is 5.91 Å². The van der Waals surface area contributed by atoms with Gasteiger partial charge in [-0.05, 0) is 0 Å². The molecule has 0 fully saturated rings. The molecule has 0 spiro atoms. The van der Waals surface area contributed by atoms with Crippen molar-refractivity contribution in [3.8, 4) is 0 Å². The molecule has 0 radical (unpaired) electrons. The highest BCUT2D eigenvalue weighted by atomic mass is 16.6. The van der Waals surface area contributed by atoms with Crippen LogP contribution in [0.4, 0.5) is 5.95 Å². The maximum atomic E-state index is 11.4. The molecule has 2 rings (SSSR count). The van der Waals surface area contributed by atoms with Crippen LogP contribution in [0.15, 0.2) is 18.3 Å². The first-order chi connectivity index (χ1) is 6.86. The summed E-state index contributed by atoms with van der Waals surface area (Å²) in [4.78, 5) is 15.1. The van der Waals surface area contributed by atoms with Crippen molar-refractivity contribution in [2.24, 2.45) is 0 Å². The van der Waals surface area contributed by atoms with Gasteiger partial charge in [0.15, 0.2) is 0 Å². The van der Waals surface area contributed by atoms with Gasteiger partial charge in [0, 0.05) is 0 Å². The minimum Gasteiger partial charge on any atom is -0.494 e. The molecule has 7 heteroatoms. The molecule has 1 aliphatic rings. The van der Waals surface area contributed by atoms with E-state index in [0.29, 0.717) is 13.2 Å². The Bertz CT molecular complexity index is 346. The molecule has 0 atom stereocenters. The number of hydrogen-bond donors (Lipinski definition) is 2. The van der Waals surface area contributed by atoms with Gasteiger partial charge in [0.2, 0.25) is 11.7 Å². The predicted octanol–water partition coefficient (Wildman–Crippen LogP) is -0.369. The molecule has 0 aromatic carbocycles. The molecule has 2 heterocycles. The minimum absolute atomic E-state index is 0.132. The van der Waals surface area contributed by atoms with Gasteiger partial charge in [-0.2, -0.15) is 10.1 Å². The fourth-order valence-electron chi connectivity index (χ4n) is 0.922. The van der Waals surface area contributed by atoms with E-state index >= 15 is 0 Å². The second kappa shape index (κ2) is 3.77. The van der Waals surface area contributed by atoms with Crippen molar-refractivity contribution >= 4 is 11.9 Å². The molecule has 0 saturated heterocycles. The number of carbonyl (C=O) groups excluding carboxylic acids is 1. The summed E-state index contributed by atoms with van der Waals surface area (Å²) < 4.78 is 9.98. The zero-order valence-corrected chi connectivity index (χ0v) is 7.19. The van der Waals surface area contributed by atoms with Gasteiger partial charge in [0.05, 0.1) is 0 Å². The molecule has 0 unspecified atom stereocenters. The lowest BCUT2D eigenvalue weighted by Gasteiger charge is -2.13. The normalized spacial score (nSPS) is 15.0. The lowest BCUT2D eigenvalue weighted by Crippen LogP contribution is -2.21. The molecule has 0 bridgehead atoms. The van der Waals surface area contributed by atoms with Crippen molar-refractivity contribution in [2.75, 3.05) is 18.5 Å². The Hall–Kier alpha value is -2.05. The number of carbonyl (C=O) groups is 1. The van der Waals surface area contributed by atoms with E-state index in [1.54, 1.807) is 0 Å². The second-order valence-electron chi connectivity index (χ2n) is 2.49. The summed E-state index contributed by atoms with van der Waals surface area (Å²) in [6.45, 7) is 0.828. The number of H-pyrrole nitrogens is 1. The van der Waals surface area contributed by atoms with E-state index in [0.717, 1.165) is 0 Å². The number of ether oxygens (including phenoxy) is 2. The van der Waals surface area contributed by atoms with Crippen molar-refractivity contribution in [3.63, 3.8) is 0 Å². The lowest BCUT2D eigenvalue weighted by molar-refractivity contribution is -0.117. The SMILES string of the molecule is O=C(Nc1ncn[nH]1)C1=COCCO1. The fourth-order valence-corrected chi connectivity index (χ4v) is 0.922. The summed E-state index contributed by atoms with van der Waals surface area (Å²) in [5, 5.41) is 8.52. The van der Waals surface area contributed by atoms with Crippen molar-refractivity contribution in [1.29, 1.82) is 0 Å². The number of aromatic amines is 1. The molecular formula is C7H8N4O3. The number of amides is 1. The summed E-state index contributed by atoms with van der Waals surface area (Å²) in [5.74, 6) is -0.0147. The van der Waals surface area contributed by atoms with Crippen LogP contribution in [0.25, 0.3) is 0 Å². The van der Waals surface area contributed by atoms with Gasteiger partial charge in [-0.1, -0.05) is 0 Å². The average Bonchev–Trinajstić information content (AvgIpc) is 2.72. The number of hydrogen-bond acceptors (Lipinski definition) is 5. The molecule has 7 nitrogen and oxygen atoms in total. The number of nitrogens with one attached hydrogen (secondary N) is 2. The Morgan fingerprint density at radius 1 is 1.57 bits per heavy atom. The highest BCUT2D eigenvalue weighted by molar-refractivity contribution is 6.00. The molecule has 1 amide bonds. The molecule has 0 saturated carbocycles. The second-order valence-corrected chi connectivity index (χ2v) is 2.49. The van der Waals surface area contributed by atoms with Crippen LogP contribution in [0, 0.1) is 0 Å². The minimum atomic E-state index is -0.415. The van der Waals surface area contributed by atoms with E-state index in [2.05, 4.69) is 20.5 Å². The number of nitrogens with zero attached hydrogens (tertiary/aromatic N) is 2. The Kier molecular flexibility index (Phi) is 2.30. The Morgan fingerprint density at radius 2 is 2.50 bits per heavy atom. The largest absolute Gasteiger partial charge is 0.494 e. The molecule has 1 aromatic rings. The van der Waals surface area contributed by atoms with Crippen LogP contribution in [0.1, 0.15) is 0 Å². The quantitative estimate of drug-likeness (QED) is 0.673. The van der Waals surface area contributed by atoms with Gasteiger partial charge in [-0.25, -0.2) is 5.10 Å². The highest BCUT2D eigenvalue weighted by Gasteiger charge is 2.15. The fraction of sp³-hybridized carbons (Fsp3) is 0.286. The van der Waals surface area contributed by atoms with Crippen molar-refractivity contribution < 1.29 is 14.3 Å². The number of rotatable bonds is 2. The molecule has 0 aliphatic carbocycles. The molecule has 1 aliphatic heterocycles. The molecule has 74 valence electrons. The van der Waals surface area contributed by atoms with Gasteiger partial charge >= 0.3 is 0 Å². The lowest BCUT2D eigenvalue weighted by atomic mass is 10.5. The number of aromatic nitrogens is 3. The van der Waals surface area contributed by atoms with Crippen LogP contribution in [-0.4, -0.2) is 34.3 Å². The molecule has 2 N–H and O–H groups in total. The summed E-state index contributed by atoms with van der Waals surface area (Å²) in [5.41, 5.74) is 0. The molecule has 1 aromatic heterocycles. The van der Waals surface area contributed by atoms with E-state index in [9.17, 15) is 4.79 Å². The third kappa shape index (κ3) is 1.82. The van der Waals surface area contributed by atoms with Gasteiger partial charge < -0.3 is 9.47 Å². The summed E-state index contributed by atoms with van der Waals surface area (Å²) >= 11 is 0. The third-order valence-corrected chi connectivity index (χ3v) is 1.52. The summed E-state index contributed by atoms with van der Waals surface area (Å²) in [7, 11) is 0. The van der Waals surface area contributed by atoms with Gasteiger partial charge in [0.1, 0.15) is 25.8 Å². The standard InChI is InChI=1S/C7H8N4O3/c12-6(5-3-13-1-2-14-5)10-7-8-4-9-11-7/h3-4H,1-2H2,(H2,8,9,10,11,12). The van der Waals surface area contributed by atoms with Crippen LogP contribution in [0.5, 0.6) is 0 Å². The van der Waals surface area contributed by atoms with E-state index in [4.69, 9.17) is 9.47 Å². The molecule has 14 heavy (non-hydrogen) atoms. The summed E-state index contributed by atoms with van der Waals surface area (Å²) in [6, 6.07) is 0. The first kappa shape index (κ1) is 8.54. The van der Waals surface area contributed by atoms with Gasteiger partial charge in [-0.15, -0.1) is 0 Å². The maximum absolute atomic E-state index is 11.4. The summed E-state index contributed by atoms with van der Waals surface area (Å²) in [6.07, 6.45) is 2.57. The van der Waals surface area contributed by atoms with E-state index in [-0.39, 0.29) is 11.7 Å². The predicted molar refractivity (Wildman–Crippen MR) is 45.0 cm³/mol. The van der Waals surface area contributed by atoms with Gasteiger partial charge in [0.25, 0.3) is 5.91 Å². The zero-order valence-electron chi connectivity index (χ0n) is 7.19. The van der Waals surface area contributed by atoms with Crippen LogP contribution in [-0.2, 0) is 14.3 Å². The third-order valence-electron chi connectivity index (χ3n) is 1.52. The number of anilines is 1. The Morgan fingerprint density at radius 3 is 3.14 bits per heavy atom. The Balaban J connectivity index is 1.98. The van der Waals surface area contributed by atoms with Crippen LogP contribution >= 0.6 is 0 Å². The van der Waals surface area contributed by atoms with Crippen LogP contribution in [0.3, 0.4) is 0 Å². The smallest absolute Gasteiger partial charge is 0.296 e. The van der Waals surface area contributed by atoms with Crippen molar-refractivity contribution in [3.05, 3.63) is 18.3 Å². The topological polar surface area (TPSA) is 89.1 Å². The Labute approximate surface area is 79.1 Å². The van der Waals surface area contributed by atoms with Crippen LogP contribution < -0.4 is 5.32 Å². The zero-order chi connectivity index (χ0) is 9.80. The maximum Gasteiger partial charge on any atom is 0.296 e. The van der Waals surface area contributed by atoms with E-state index in [1.165, 1.54) is 12.6 Å².